The fourth-order valence-corrected chi connectivity index (χ4v) is 5.11. The van der Waals surface area contributed by atoms with Crippen molar-refractivity contribution in [2.75, 3.05) is 26.2 Å². The van der Waals surface area contributed by atoms with Gasteiger partial charge in [0.05, 0.1) is 12.0 Å². The van der Waals surface area contributed by atoms with Crippen LogP contribution in [0.1, 0.15) is 67.9 Å². The molecule has 2 aliphatic heterocycles. The summed E-state index contributed by atoms with van der Waals surface area (Å²) in [7, 11) is 0. The SMILES string of the molecule is CCCn1nccc1C(=O)N1CCC2(CCCCCc3ccccc3OCCNC2=O)CC1. The van der Waals surface area contributed by atoms with E-state index < -0.39 is 5.41 Å². The second-order valence-corrected chi connectivity index (χ2v) is 9.28. The van der Waals surface area contributed by atoms with Crippen LogP contribution >= 0.6 is 0 Å². The van der Waals surface area contributed by atoms with Crippen molar-refractivity contribution >= 4 is 11.8 Å². The lowest BCUT2D eigenvalue weighted by Crippen LogP contribution is -2.51. The standard InChI is InChI=1S/C26H36N4O3/c1-2-17-30-22(11-15-28-30)24(31)29-18-13-26(14-19-29)12-7-3-4-8-21-9-5-6-10-23(21)33-20-16-27-25(26)32/h5-6,9-11,15H,2-4,7-8,12-14,16-20H2,1H3,(H,27,32). The number of carbonyl (C=O) groups excluding carboxylic acids is 2. The van der Waals surface area contributed by atoms with Crippen molar-refractivity contribution in [3.63, 3.8) is 0 Å². The van der Waals surface area contributed by atoms with Gasteiger partial charge in [-0.25, -0.2) is 0 Å². The lowest BCUT2D eigenvalue weighted by molar-refractivity contribution is -0.134. The van der Waals surface area contributed by atoms with Crippen molar-refractivity contribution in [1.29, 1.82) is 0 Å². The first-order valence-electron chi connectivity index (χ1n) is 12.4. The van der Waals surface area contributed by atoms with Gasteiger partial charge >= 0.3 is 0 Å². The lowest BCUT2D eigenvalue weighted by Gasteiger charge is -2.41. The Kier molecular flexibility index (Phi) is 7.68. The maximum atomic E-state index is 13.3. The van der Waals surface area contributed by atoms with E-state index in [0.29, 0.717) is 44.8 Å². The Morgan fingerprint density at radius 2 is 1.94 bits per heavy atom. The predicted octanol–water partition coefficient (Wildman–Crippen LogP) is 3.83. The predicted molar refractivity (Wildman–Crippen MR) is 127 cm³/mol. The first kappa shape index (κ1) is 23.3. The first-order chi connectivity index (χ1) is 16.1. The Labute approximate surface area is 196 Å². The van der Waals surface area contributed by atoms with Crippen LogP contribution in [0, 0.1) is 5.41 Å². The molecule has 1 spiro atoms. The summed E-state index contributed by atoms with van der Waals surface area (Å²) in [5.74, 6) is 1.06. The maximum Gasteiger partial charge on any atom is 0.272 e. The van der Waals surface area contributed by atoms with Crippen LogP contribution in [-0.2, 0) is 17.8 Å². The van der Waals surface area contributed by atoms with Gasteiger partial charge in [0.1, 0.15) is 18.1 Å². The molecule has 4 rings (SSSR count). The molecule has 7 nitrogen and oxygen atoms in total. The Balaban J connectivity index is 1.40. The van der Waals surface area contributed by atoms with Gasteiger partial charge < -0.3 is 15.0 Å². The van der Waals surface area contributed by atoms with Gasteiger partial charge in [0, 0.05) is 25.8 Å². The molecule has 1 fully saturated rings. The molecule has 7 heteroatoms. The minimum atomic E-state index is -0.401. The number of hydrogen-bond donors (Lipinski definition) is 1. The summed E-state index contributed by atoms with van der Waals surface area (Å²) in [5, 5.41) is 7.42. The quantitative estimate of drug-likeness (QED) is 0.768. The number of rotatable bonds is 3. The highest BCUT2D eigenvalue weighted by Crippen LogP contribution is 2.38. The minimum absolute atomic E-state index is 0.0204. The van der Waals surface area contributed by atoms with E-state index in [9.17, 15) is 9.59 Å². The topological polar surface area (TPSA) is 76.5 Å². The van der Waals surface area contributed by atoms with E-state index >= 15 is 0 Å². The highest BCUT2D eigenvalue weighted by Gasteiger charge is 2.42. The summed E-state index contributed by atoms with van der Waals surface area (Å²) in [6.07, 6.45) is 9.09. The molecule has 0 bridgehead atoms. The molecular weight excluding hydrogens is 416 g/mol. The zero-order valence-corrected chi connectivity index (χ0v) is 19.7. The molecule has 0 saturated carbocycles. The smallest absolute Gasteiger partial charge is 0.272 e. The molecule has 0 atom stereocenters. The van der Waals surface area contributed by atoms with Gasteiger partial charge in [0.15, 0.2) is 0 Å². The normalized spacial score (nSPS) is 19.4. The van der Waals surface area contributed by atoms with Crippen molar-refractivity contribution in [2.24, 2.45) is 5.41 Å². The molecule has 178 valence electrons. The summed E-state index contributed by atoms with van der Waals surface area (Å²) < 4.78 is 7.76. The third-order valence-corrected chi connectivity index (χ3v) is 7.08. The number of fused-ring (bicyclic) bond motifs is 1. The van der Waals surface area contributed by atoms with Gasteiger partial charge in [-0.2, -0.15) is 5.10 Å². The molecule has 1 aromatic carbocycles. The number of aryl methyl sites for hydroxylation is 2. The van der Waals surface area contributed by atoms with Gasteiger partial charge in [0.2, 0.25) is 5.91 Å². The van der Waals surface area contributed by atoms with Crippen LogP contribution in [0.15, 0.2) is 36.5 Å². The fourth-order valence-electron chi connectivity index (χ4n) is 5.11. The van der Waals surface area contributed by atoms with E-state index in [2.05, 4.69) is 29.5 Å². The summed E-state index contributed by atoms with van der Waals surface area (Å²) in [4.78, 5) is 28.3. The van der Waals surface area contributed by atoms with E-state index in [4.69, 9.17) is 4.74 Å². The highest BCUT2D eigenvalue weighted by atomic mass is 16.5. The Morgan fingerprint density at radius 3 is 2.76 bits per heavy atom. The fraction of sp³-hybridized carbons (Fsp3) is 0.577. The van der Waals surface area contributed by atoms with Crippen LogP contribution in [0.2, 0.25) is 0 Å². The van der Waals surface area contributed by atoms with Crippen molar-refractivity contribution in [1.82, 2.24) is 20.0 Å². The molecule has 0 aliphatic carbocycles. The largest absolute Gasteiger partial charge is 0.491 e. The molecule has 0 unspecified atom stereocenters. The number of carbonyl (C=O) groups is 2. The van der Waals surface area contributed by atoms with Crippen molar-refractivity contribution in [2.45, 2.75) is 64.8 Å². The number of amides is 2. The van der Waals surface area contributed by atoms with Crippen molar-refractivity contribution in [3.05, 3.63) is 47.8 Å². The molecule has 33 heavy (non-hydrogen) atoms. The Bertz CT molecular complexity index is 947. The zero-order valence-electron chi connectivity index (χ0n) is 19.7. The number of hydrogen-bond acceptors (Lipinski definition) is 4. The summed E-state index contributed by atoms with van der Waals surface area (Å²) in [5.41, 5.74) is 1.48. The number of benzene rings is 1. The molecule has 2 amide bonds. The third-order valence-electron chi connectivity index (χ3n) is 7.08. The van der Waals surface area contributed by atoms with Crippen LogP contribution in [0.25, 0.3) is 0 Å². The number of nitrogens with zero attached hydrogens (tertiary/aromatic N) is 3. The average molecular weight is 453 g/mol. The second kappa shape index (κ2) is 10.9. The van der Waals surface area contributed by atoms with Crippen LogP contribution < -0.4 is 10.1 Å². The van der Waals surface area contributed by atoms with Crippen LogP contribution in [0.5, 0.6) is 5.75 Å². The maximum absolute atomic E-state index is 13.3. The van der Waals surface area contributed by atoms with E-state index in [1.165, 1.54) is 5.56 Å². The summed E-state index contributed by atoms with van der Waals surface area (Å²) in [6, 6.07) is 9.99. The number of para-hydroxylation sites is 1. The summed E-state index contributed by atoms with van der Waals surface area (Å²) in [6.45, 7) is 4.98. The van der Waals surface area contributed by atoms with Gasteiger partial charge in [-0.3, -0.25) is 14.3 Å². The van der Waals surface area contributed by atoms with Gasteiger partial charge in [0.25, 0.3) is 5.91 Å². The molecular formula is C26H36N4O3. The number of nitrogens with one attached hydrogen (secondary N) is 1. The first-order valence-corrected chi connectivity index (χ1v) is 12.4. The van der Waals surface area contributed by atoms with E-state index in [-0.39, 0.29) is 11.8 Å². The van der Waals surface area contributed by atoms with Crippen LogP contribution in [0.3, 0.4) is 0 Å². The molecule has 1 N–H and O–H groups in total. The van der Waals surface area contributed by atoms with Crippen molar-refractivity contribution in [3.8, 4) is 5.75 Å². The molecule has 1 aromatic heterocycles. The van der Waals surface area contributed by atoms with Gasteiger partial charge in [-0.15, -0.1) is 0 Å². The van der Waals surface area contributed by atoms with E-state index in [1.54, 1.807) is 16.9 Å². The summed E-state index contributed by atoms with van der Waals surface area (Å²) >= 11 is 0. The van der Waals surface area contributed by atoms with E-state index in [0.717, 1.165) is 50.8 Å². The van der Waals surface area contributed by atoms with Crippen LogP contribution in [-0.4, -0.2) is 52.7 Å². The number of piperidine rings is 1. The number of likely N-dealkylation sites (tertiary alicyclic amines) is 1. The lowest BCUT2D eigenvalue weighted by atomic mass is 9.73. The molecule has 0 radical (unpaired) electrons. The molecule has 3 heterocycles. The Morgan fingerprint density at radius 1 is 1.12 bits per heavy atom. The van der Waals surface area contributed by atoms with E-state index in [1.807, 2.05) is 17.0 Å². The average Bonchev–Trinajstić information content (AvgIpc) is 3.30. The van der Waals surface area contributed by atoms with Crippen LogP contribution in [0.4, 0.5) is 0 Å². The van der Waals surface area contributed by atoms with Gasteiger partial charge in [-0.1, -0.05) is 38.0 Å². The third kappa shape index (κ3) is 5.40. The molecule has 1 saturated heterocycles. The zero-order chi connectivity index (χ0) is 23.1. The van der Waals surface area contributed by atoms with Gasteiger partial charge in [-0.05, 0) is 56.2 Å². The van der Waals surface area contributed by atoms with Crippen molar-refractivity contribution < 1.29 is 14.3 Å². The Hall–Kier alpha value is -2.83. The number of ether oxygens (including phenoxy) is 1. The monoisotopic (exact) mass is 452 g/mol. The minimum Gasteiger partial charge on any atom is -0.491 e. The molecule has 2 aliphatic rings. The molecule has 2 aromatic rings. The highest BCUT2D eigenvalue weighted by molar-refractivity contribution is 5.93. The second-order valence-electron chi connectivity index (χ2n) is 9.28. The number of aromatic nitrogens is 2.